The van der Waals surface area contributed by atoms with Crippen LogP contribution in [0.15, 0.2) is 12.1 Å². The Balaban J connectivity index is 2.17. The van der Waals surface area contributed by atoms with Crippen molar-refractivity contribution in [1.29, 1.82) is 0 Å². The molecule has 2 rings (SSSR count). The van der Waals surface area contributed by atoms with Gasteiger partial charge in [-0.25, -0.2) is 4.98 Å². The van der Waals surface area contributed by atoms with Crippen LogP contribution in [0.3, 0.4) is 0 Å². The van der Waals surface area contributed by atoms with Crippen LogP contribution in [-0.2, 0) is 6.61 Å². The molecule has 20 heavy (non-hydrogen) atoms. The maximum atomic E-state index is 10.9. The van der Waals surface area contributed by atoms with Gasteiger partial charge in [-0.2, -0.15) is 0 Å². The third-order valence-electron chi connectivity index (χ3n) is 3.14. The van der Waals surface area contributed by atoms with Gasteiger partial charge in [0.25, 0.3) is 0 Å². The monoisotopic (exact) mass is 290 g/mol. The molecule has 0 N–H and O–H groups in total. The lowest BCUT2D eigenvalue weighted by Gasteiger charge is -2.11. The largest absolute Gasteiger partial charge is 0.544 e. The standard InChI is InChI=1S/C15H17NO3S/c1-8-5-9(2)10(3)12(6-8)19-7-13-16-11(4)14(20-13)15(17)18/h5-6H,7H2,1-4H3,(H,17,18)/p-1. The molecule has 0 saturated carbocycles. The second-order valence-corrected chi connectivity index (χ2v) is 5.89. The molecule has 0 amide bonds. The van der Waals surface area contributed by atoms with Crippen molar-refractivity contribution in [2.24, 2.45) is 0 Å². The number of aromatic nitrogens is 1. The summed E-state index contributed by atoms with van der Waals surface area (Å²) >= 11 is 1.10. The topological polar surface area (TPSA) is 62.2 Å². The fraction of sp³-hybridized carbons (Fsp3) is 0.333. The lowest BCUT2D eigenvalue weighted by Crippen LogP contribution is -2.21. The number of benzene rings is 1. The summed E-state index contributed by atoms with van der Waals surface area (Å²) in [6.07, 6.45) is 0. The normalized spacial score (nSPS) is 10.6. The first-order valence-electron chi connectivity index (χ1n) is 6.26. The van der Waals surface area contributed by atoms with E-state index in [1.165, 1.54) is 5.56 Å². The van der Waals surface area contributed by atoms with E-state index >= 15 is 0 Å². The second-order valence-electron chi connectivity index (χ2n) is 4.80. The van der Waals surface area contributed by atoms with E-state index in [9.17, 15) is 9.90 Å². The van der Waals surface area contributed by atoms with E-state index in [1.807, 2.05) is 26.8 Å². The summed E-state index contributed by atoms with van der Waals surface area (Å²) in [5, 5.41) is 11.5. The number of hydrogen-bond donors (Lipinski definition) is 0. The molecule has 0 atom stereocenters. The van der Waals surface area contributed by atoms with Crippen molar-refractivity contribution in [3.63, 3.8) is 0 Å². The third-order valence-corrected chi connectivity index (χ3v) is 4.25. The highest BCUT2D eigenvalue weighted by Gasteiger charge is 2.10. The minimum absolute atomic E-state index is 0.167. The molecule has 5 heteroatoms. The summed E-state index contributed by atoms with van der Waals surface area (Å²) in [5.41, 5.74) is 3.87. The SMILES string of the molecule is Cc1cc(C)c(C)c(OCc2nc(C)c(C(=O)[O-])s2)c1. The molecule has 0 aliphatic carbocycles. The third kappa shape index (κ3) is 2.99. The minimum Gasteiger partial charge on any atom is -0.544 e. The van der Waals surface area contributed by atoms with Crippen LogP contribution in [0.4, 0.5) is 0 Å². The number of nitrogens with zero attached hydrogens (tertiary/aromatic N) is 1. The van der Waals surface area contributed by atoms with Crippen molar-refractivity contribution in [3.8, 4) is 5.75 Å². The molecule has 0 unspecified atom stereocenters. The summed E-state index contributed by atoms with van der Waals surface area (Å²) in [5.74, 6) is -0.376. The van der Waals surface area contributed by atoms with Crippen LogP contribution in [0.25, 0.3) is 0 Å². The van der Waals surface area contributed by atoms with Gasteiger partial charge in [-0.1, -0.05) is 6.07 Å². The average Bonchev–Trinajstić information content (AvgIpc) is 2.73. The zero-order chi connectivity index (χ0) is 14.9. The Morgan fingerprint density at radius 2 is 2.00 bits per heavy atom. The molecule has 0 aliphatic rings. The van der Waals surface area contributed by atoms with Gasteiger partial charge in [0.15, 0.2) is 0 Å². The van der Waals surface area contributed by atoms with Gasteiger partial charge >= 0.3 is 0 Å². The lowest BCUT2D eigenvalue weighted by molar-refractivity contribution is -0.254. The van der Waals surface area contributed by atoms with Crippen molar-refractivity contribution in [2.45, 2.75) is 34.3 Å². The van der Waals surface area contributed by atoms with Crippen molar-refractivity contribution in [3.05, 3.63) is 44.4 Å². The Morgan fingerprint density at radius 3 is 2.60 bits per heavy atom. The molecule has 2 aromatic rings. The number of carboxylic acid groups (broad SMARTS) is 1. The van der Waals surface area contributed by atoms with E-state index in [4.69, 9.17) is 4.74 Å². The van der Waals surface area contributed by atoms with Gasteiger partial charge in [0.05, 0.1) is 16.5 Å². The number of aromatic carboxylic acids is 1. The van der Waals surface area contributed by atoms with E-state index in [-0.39, 0.29) is 11.5 Å². The summed E-state index contributed by atoms with van der Waals surface area (Å²) < 4.78 is 5.77. The second kappa shape index (κ2) is 5.63. The maximum Gasteiger partial charge on any atom is 0.140 e. The van der Waals surface area contributed by atoms with Crippen LogP contribution in [0, 0.1) is 27.7 Å². The molecular weight excluding hydrogens is 274 g/mol. The van der Waals surface area contributed by atoms with Crippen molar-refractivity contribution >= 4 is 17.3 Å². The molecule has 1 aromatic carbocycles. The quantitative estimate of drug-likeness (QED) is 0.867. The van der Waals surface area contributed by atoms with E-state index in [2.05, 4.69) is 11.1 Å². The van der Waals surface area contributed by atoms with Crippen LogP contribution in [0.5, 0.6) is 5.75 Å². The molecule has 0 spiro atoms. The Kier molecular flexibility index (Phi) is 4.09. The van der Waals surface area contributed by atoms with E-state index in [1.54, 1.807) is 6.92 Å². The Morgan fingerprint density at radius 1 is 1.30 bits per heavy atom. The first-order valence-corrected chi connectivity index (χ1v) is 7.08. The number of rotatable bonds is 4. The average molecular weight is 290 g/mol. The van der Waals surface area contributed by atoms with E-state index < -0.39 is 5.97 Å². The zero-order valence-electron chi connectivity index (χ0n) is 11.9. The first kappa shape index (κ1) is 14.5. The summed E-state index contributed by atoms with van der Waals surface area (Å²) in [7, 11) is 0. The van der Waals surface area contributed by atoms with Gasteiger partial charge < -0.3 is 14.6 Å². The molecule has 0 aliphatic heterocycles. The number of thiazole rings is 1. The lowest BCUT2D eigenvalue weighted by atomic mass is 10.1. The number of carbonyl (C=O) groups is 1. The number of carboxylic acids is 1. The van der Waals surface area contributed by atoms with Crippen LogP contribution in [-0.4, -0.2) is 11.0 Å². The molecule has 1 aromatic heterocycles. The van der Waals surface area contributed by atoms with Gasteiger partial charge in [0, 0.05) is 0 Å². The Hall–Kier alpha value is -1.88. The highest BCUT2D eigenvalue weighted by molar-refractivity contribution is 7.13. The van der Waals surface area contributed by atoms with Crippen LogP contribution in [0.1, 0.15) is 37.1 Å². The fourth-order valence-electron chi connectivity index (χ4n) is 1.99. The zero-order valence-corrected chi connectivity index (χ0v) is 12.8. The Bertz CT molecular complexity index is 661. The highest BCUT2D eigenvalue weighted by atomic mass is 32.1. The van der Waals surface area contributed by atoms with Gasteiger partial charge in [-0.3, -0.25) is 0 Å². The molecule has 0 radical (unpaired) electrons. The summed E-state index contributed by atoms with van der Waals surface area (Å²) in [4.78, 5) is 15.2. The first-order chi connectivity index (χ1) is 9.38. The molecule has 0 fully saturated rings. The van der Waals surface area contributed by atoms with Crippen molar-refractivity contribution in [1.82, 2.24) is 4.98 Å². The Labute approximate surface area is 122 Å². The van der Waals surface area contributed by atoms with E-state index in [0.717, 1.165) is 28.2 Å². The van der Waals surface area contributed by atoms with Gasteiger partial charge in [-0.15, -0.1) is 11.3 Å². The minimum atomic E-state index is -1.19. The molecule has 1 heterocycles. The van der Waals surface area contributed by atoms with E-state index in [0.29, 0.717) is 10.7 Å². The van der Waals surface area contributed by atoms with Gasteiger partial charge in [0.1, 0.15) is 17.4 Å². The number of aryl methyl sites for hydroxylation is 3. The van der Waals surface area contributed by atoms with Crippen LogP contribution >= 0.6 is 11.3 Å². The van der Waals surface area contributed by atoms with Gasteiger partial charge in [-0.05, 0) is 50.5 Å². The predicted octanol–water partition coefficient (Wildman–Crippen LogP) is 2.32. The molecule has 0 bridgehead atoms. The van der Waals surface area contributed by atoms with Crippen LogP contribution in [0.2, 0.25) is 0 Å². The highest BCUT2D eigenvalue weighted by Crippen LogP contribution is 2.25. The number of hydrogen-bond acceptors (Lipinski definition) is 5. The summed E-state index contributed by atoms with van der Waals surface area (Å²) in [6, 6.07) is 4.08. The smallest absolute Gasteiger partial charge is 0.140 e. The van der Waals surface area contributed by atoms with Gasteiger partial charge in [0.2, 0.25) is 0 Å². The predicted molar refractivity (Wildman–Crippen MR) is 76.2 cm³/mol. The van der Waals surface area contributed by atoms with Crippen molar-refractivity contribution in [2.75, 3.05) is 0 Å². The fourth-order valence-corrected chi connectivity index (χ4v) is 2.81. The summed E-state index contributed by atoms with van der Waals surface area (Å²) in [6.45, 7) is 7.98. The molecule has 0 saturated heterocycles. The number of carbonyl (C=O) groups excluding carboxylic acids is 1. The molecule has 4 nitrogen and oxygen atoms in total. The molecular formula is C15H16NO3S-. The van der Waals surface area contributed by atoms with Crippen LogP contribution < -0.4 is 9.84 Å². The number of ether oxygens (including phenoxy) is 1. The maximum absolute atomic E-state index is 10.9. The van der Waals surface area contributed by atoms with Crippen molar-refractivity contribution < 1.29 is 14.6 Å². The molecule has 106 valence electrons.